The Morgan fingerprint density at radius 2 is 2.00 bits per heavy atom. The molecule has 0 fully saturated rings. The fourth-order valence-electron chi connectivity index (χ4n) is 2.05. The number of halogens is 1. The minimum Gasteiger partial charge on any atom is -0.330 e. The molecule has 18 heavy (non-hydrogen) atoms. The molecule has 1 aromatic carbocycles. The monoisotopic (exact) mass is 264 g/mol. The fourth-order valence-corrected chi connectivity index (χ4v) is 2.23. The molecule has 0 spiro atoms. The molecule has 0 saturated heterocycles. The van der Waals surface area contributed by atoms with Gasteiger partial charge in [0.05, 0.1) is 5.52 Å². The average molecular weight is 265 g/mol. The number of benzene rings is 1. The molecule has 0 atom stereocenters. The highest BCUT2D eigenvalue weighted by molar-refractivity contribution is 6.31. The normalized spacial score (nSPS) is 12.1. The Balaban J connectivity index is 2.85. The minimum atomic E-state index is -0.342. The van der Waals surface area contributed by atoms with Gasteiger partial charge in [-0.1, -0.05) is 25.4 Å². The molecule has 0 radical (unpaired) electrons. The zero-order chi connectivity index (χ0) is 13.5. The predicted molar refractivity (Wildman–Crippen MR) is 76.3 cm³/mol. The summed E-state index contributed by atoms with van der Waals surface area (Å²) < 4.78 is 1.65. The number of hydrogen-bond donors (Lipinski definition) is 1. The lowest BCUT2D eigenvalue weighted by molar-refractivity contribution is 0.529. The summed E-state index contributed by atoms with van der Waals surface area (Å²) in [6, 6.07) is 7.41. The molecule has 0 bridgehead atoms. The highest BCUT2D eigenvalue weighted by Crippen LogP contribution is 2.24. The van der Waals surface area contributed by atoms with Crippen molar-refractivity contribution in [2.45, 2.75) is 19.3 Å². The van der Waals surface area contributed by atoms with Crippen LogP contribution in [0, 0.1) is 0 Å². The standard InChI is InChI=1S/C14H17ClN2O/c1-14(2,8-16)11-7-9-6-10(15)4-5-12(9)17(3)13(11)18/h4-7H,8,16H2,1-3H3. The van der Waals surface area contributed by atoms with Gasteiger partial charge in [0.25, 0.3) is 5.56 Å². The van der Waals surface area contributed by atoms with Gasteiger partial charge < -0.3 is 10.3 Å². The molecule has 96 valence electrons. The Kier molecular flexibility index (Phi) is 3.21. The van der Waals surface area contributed by atoms with Crippen LogP contribution in [0.1, 0.15) is 19.4 Å². The Morgan fingerprint density at radius 1 is 1.33 bits per heavy atom. The van der Waals surface area contributed by atoms with Gasteiger partial charge in [-0.05, 0) is 24.3 Å². The molecule has 2 rings (SSSR count). The van der Waals surface area contributed by atoms with Gasteiger partial charge in [-0.2, -0.15) is 0 Å². The second-order valence-electron chi connectivity index (χ2n) is 5.21. The number of pyridine rings is 1. The largest absolute Gasteiger partial charge is 0.330 e. The van der Waals surface area contributed by atoms with Crippen molar-refractivity contribution >= 4 is 22.5 Å². The number of fused-ring (bicyclic) bond motifs is 1. The molecule has 2 N–H and O–H groups in total. The Hall–Kier alpha value is -1.32. The topological polar surface area (TPSA) is 48.0 Å². The minimum absolute atomic E-state index is 0.000252. The Labute approximate surface area is 111 Å². The molecule has 1 aromatic heterocycles. The summed E-state index contributed by atoms with van der Waals surface area (Å²) in [5, 5.41) is 1.62. The zero-order valence-corrected chi connectivity index (χ0v) is 11.6. The fraction of sp³-hybridized carbons (Fsp3) is 0.357. The Morgan fingerprint density at radius 3 is 2.61 bits per heavy atom. The van der Waals surface area contributed by atoms with E-state index in [0.29, 0.717) is 11.6 Å². The number of rotatable bonds is 2. The van der Waals surface area contributed by atoms with Crippen LogP contribution in [-0.4, -0.2) is 11.1 Å². The Bertz CT molecular complexity index is 659. The van der Waals surface area contributed by atoms with Crippen molar-refractivity contribution in [3.63, 3.8) is 0 Å². The van der Waals surface area contributed by atoms with E-state index >= 15 is 0 Å². The van der Waals surface area contributed by atoms with E-state index in [9.17, 15) is 4.79 Å². The average Bonchev–Trinajstić information content (AvgIpc) is 2.33. The van der Waals surface area contributed by atoms with Gasteiger partial charge in [-0.25, -0.2) is 0 Å². The van der Waals surface area contributed by atoms with E-state index in [1.807, 2.05) is 32.0 Å². The van der Waals surface area contributed by atoms with Crippen molar-refractivity contribution in [3.05, 3.63) is 45.2 Å². The van der Waals surface area contributed by atoms with Crippen LogP contribution in [0.4, 0.5) is 0 Å². The van der Waals surface area contributed by atoms with Gasteiger partial charge in [0.15, 0.2) is 0 Å². The quantitative estimate of drug-likeness (QED) is 0.906. The summed E-state index contributed by atoms with van der Waals surface area (Å²) in [7, 11) is 1.77. The first-order chi connectivity index (χ1) is 8.36. The third-order valence-corrected chi connectivity index (χ3v) is 3.66. The summed E-state index contributed by atoms with van der Waals surface area (Å²) in [4.78, 5) is 12.3. The molecule has 0 unspecified atom stereocenters. The molecular weight excluding hydrogens is 248 g/mol. The van der Waals surface area contributed by atoms with E-state index in [2.05, 4.69) is 0 Å². The van der Waals surface area contributed by atoms with Crippen molar-refractivity contribution in [2.75, 3.05) is 6.54 Å². The molecule has 0 saturated carbocycles. The first kappa shape index (κ1) is 13.1. The SMILES string of the molecule is Cn1c(=O)c(C(C)(C)CN)cc2cc(Cl)ccc21. The molecule has 0 aliphatic carbocycles. The maximum Gasteiger partial charge on any atom is 0.254 e. The van der Waals surface area contributed by atoms with Crippen LogP contribution in [-0.2, 0) is 12.5 Å². The molecule has 1 heterocycles. The highest BCUT2D eigenvalue weighted by atomic mass is 35.5. The molecule has 0 aliphatic heterocycles. The van der Waals surface area contributed by atoms with Crippen molar-refractivity contribution in [1.82, 2.24) is 4.57 Å². The van der Waals surface area contributed by atoms with Crippen LogP contribution in [0.15, 0.2) is 29.1 Å². The summed E-state index contributed by atoms with van der Waals surface area (Å²) in [6.07, 6.45) is 0. The van der Waals surface area contributed by atoms with Gasteiger partial charge in [0.1, 0.15) is 0 Å². The number of aromatic nitrogens is 1. The molecular formula is C14H17ClN2O. The summed E-state index contributed by atoms with van der Waals surface area (Å²) in [6.45, 7) is 4.37. The van der Waals surface area contributed by atoms with Crippen LogP contribution in [0.3, 0.4) is 0 Å². The number of hydrogen-bond acceptors (Lipinski definition) is 2. The van der Waals surface area contributed by atoms with Gasteiger partial charge in [0, 0.05) is 35.0 Å². The maximum absolute atomic E-state index is 12.3. The van der Waals surface area contributed by atoms with Crippen LogP contribution >= 0.6 is 11.6 Å². The lowest BCUT2D eigenvalue weighted by atomic mass is 9.85. The molecule has 2 aromatic rings. The smallest absolute Gasteiger partial charge is 0.254 e. The predicted octanol–water partition coefficient (Wildman–Crippen LogP) is 2.43. The van der Waals surface area contributed by atoms with Gasteiger partial charge >= 0.3 is 0 Å². The molecule has 0 aliphatic rings. The summed E-state index contributed by atoms with van der Waals surface area (Å²) >= 11 is 6.00. The lowest BCUT2D eigenvalue weighted by Crippen LogP contribution is -2.36. The number of nitrogens with zero attached hydrogens (tertiary/aromatic N) is 1. The zero-order valence-electron chi connectivity index (χ0n) is 10.8. The summed E-state index contributed by atoms with van der Waals surface area (Å²) in [5.41, 5.74) is 7.02. The van der Waals surface area contributed by atoms with E-state index in [-0.39, 0.29) is 11.0 Å². The van der Waals surface area contributed by atoms with Crippen molar-refractivity contribution in [2.24, 2.45) is 12.8 Å². The highest BCUT2D eigenvalue weighted by Gasteiger charge is 2.23. The maximum atomic E-state index is 12.3. The molecule has 3 nitrogen and oxygen atoms in total. The van der Waals surface area contributed by atoms with Crippen molar-refractivity contribution < 1.29 is 0 Å². The van der Waals surface area contributed by atoms with E-state index in [1.54, 1.807) is 17.7 Å². The molecule has 0 amide bonds. The van der Waals surface area contributed by atoms with Crippen LogP contribution in [0.25, 0.3) is 10.9 Å². The van der Waals surface area contributed by atoms with Gasteiger partial charge in [0.2, 0.25) is 0 Å². The van der Waals surface area contributed by atoms with Crippen LogP contribution in [0.5, 0.6) is 0 Å². The van der Waals surface area contributed by atoms with Crippen molar-refractivity contribution in [3.8, 4) is 0 Å². The van der Waals surface area contributed by atoms with E-state index in [1.165, 1.54) is 0 Å². The first-order valence-corrected chi connectivity index (χ1v) is 6.24. The van der Waals surface area contributed by atoms with E-state index < -0.39 is 0 Å². The first-order valence-electron chi connectivity index (χ1n) is 5.86. The summed E-state index contributed by atoms with van der Waals surface area (Å²) in [5.74, 6) is 0. The van der Waals surface area contributed by atoms with Crippen LogP contribution < -0.4 is 11.3 Å². The number of nitrogens with two attached hydrogens (primary N) is 1. The van der Waals surface area contributed by atoms with E-state index in [0.717, 1.165) is 16.5 Å². The van der Waals surface area contributed by atoms with Gasteiger partial charge in [-0.15, -0.1) is 0 Å². The number of aryl methyl sites for hydroxylation is 1. The van der Waals surface area contributed by atoms with E-state index in [4.69, 9.17) is 17.3 Å². The third kappa shape index (κ3) is 2.04. The second-order valence-corrected chi connectivity index (χ2v) is 5.65. The van der Waals surface area contributed by atoms with Crippen LogP contribution in [0.2, 0.25) is 5.02 Å². The molecule has 4 heteroatoms. The second kappa shape index (κ2) is 4.41. The third-order valence-electron chi connectivity index (χ3n) is 3.43. The lowest BCUT2D eigenvalue weighted by Gasteiger charge is -2.23. The van der Waals surface area contributed by atoms with Crippen molar-refractivity contribution in [1.29, 1.82) is 0 Å². The van der Waals surface area contributed by atoms with Gasteiger partial charge in [-0.3, -0.25) is 4.79 Å².